The minimum atomic E-state index is -1.48. The Morgan fingerprint density at radius 2 is 1.66 bits per heavy atom. The number of H-pyrrole nitrogens is 1. The fourth-order valence-corrected chi connectivity index (χ4v) is 4.10. The van der Waals surface area contributed by atoms with Gasteiger partial charge < -0.3 is 26.0 Å². The van der Waals surface area contributed by atoms with Gasteiger partial charge in [-0.2, -0.15) is 0 Å². The zero-order valence-electron chi connectivity index (χ0n) is 19.2. The number of aromatic amines is 1. The number of benzene rings is 2. The number of β-lactam (4-membered cyclic amide) rings is 1. The van der Waals surface area contributed by atoms with Crippen molar-refractivity contribution >= 4 is 17.5 Å². The first kappa shape index (κ1) is 24.5. The van der Waals surface area contributed by atoms with Crippen LogP contribution in [0.25, 0.3) is 0 Å². The third-order valence-corrected chi connectivity index (χ3v) is 6.40. The second kappa shape index (κ2) is 10.3. The molecule has 1 aliphatic heterocycles. The maximum atomic E-state index is 12.4. The highest BCUT2D eigenvalue weighted by molar-refractivity contribution is 6.01. The van der Waals surface area contributed by atoms with Gasteiger partial charge in [0.1, 0.15) is 11.4 Å². The summed E-state index contributed by atoms with van der Waals surface area (Å²) in [6, 6.07) is 15.6. The third-order valence-electron chi connectivity index (χ3n) is 6.40. The van der Waals surface area contributed by atoms with Crippen molar-refractivity contribution < 1.29 is 24.9 Å². The summed E-state index contributed by atoms with van der Waals surface area (Å²) in [7, 11) is 0. The van der Waals surface area contributed by atoms with Crippen molar-refractivity contribution in [2.45, 2.75) is 43.7 Å². The highest BCUT2D eigenvalue weighted by atomic mass is 16.4. The van der Waals surface area contributed by atoms with Crippen molar-refractivity contribution in [3.63, 3.8) is 0 Å². The minimum absolute atomic E-state index is 0.0254. The van der Waals surface area contributed by atoms with Gasteiger partial charge in [0.05, 0.1) is 25.7 Å². The summed E-state index contributed by atoms with van der Waals surface area (Å²) in [5, 5.41) is 35.0. The van der Waals surface area contributed by atoms with Crippen LogP contribution < -0.4 is 10.6 Å². The van der Waals surface area contributed by atoms with E-state index in [1.54, 1.807) is 4.90 Å². The summed E-state index contributed by atoms with van der Waals surface area (Å²) in [6.07, 6.45) is 2.47. The molecule has 0 radical (unpaired) electrons. The number of carbonyl (C=O) groups excluding carboxylic acids is 2. The number of hydrogen-bond acceptors (Lipinski definition) is 7. The molecule has 2 aromatic carbocycles. The van der Waals surface area contributed by atoms with Gasteiger partial charge in [-0.25, -0.2) is 4.98 Å². The molecular weight excluding hydrogens is 450 g/mol. The number of carbonyl (C=O) groups is 2. The molecule has 1 aromatic heterocycles. The summed E-state index contributed by atoms with van der Waals surface area (Å²) in [5.41, 5.74) is 7.57. The van der Waals surface area contributed by atoms with E-state index in [1.165, 1.54) is 0 Å². The number of hydrogen-bond donors (Lipinski definition) is 5. The Hall–Kier alpha value is -3.60. The Bertz CT molecular complexity index is 1170. The van der Waals surface area contributed by atoms with Gasteiger partial charge >= 0.3 is 0 Å². The van der Waals surface area contributed by atoms with Crippen LogP contribution in [0.1, 0.15) is 52.0 Å². The van der Waals surface area contributed by atoms with E-state index in [-0.39, 0.29) is 24.2 Å². The van der Waals surface area contributed by atoms with E-state index in [1.807, 2.05) is 48.5 Å². The Balaban J connectivity index is 1.36. The summed E-state index contributed by atoms with van der Waals surface area (Å²) >= 11 is 0. The van der Waals surface area contributed by atoms with E-state index in [4.69, 9.17) is 5.73 Å². The minimum Gasteiger partial charge on any atom is -0.393 e. The van der Waals surface area contributed by atoms with Gasteiger partial charge in [-0.05, 0) is 48.1 Å². The predicted octanol–water partition coefficient (Wildman–Crippen LogP) is 0.815. The van der Waals surface area contributed by atoms with E-state index < -0.39 is 24.7 Å². The second-order valence-corrected chi connectivity index (χ2v) is 8.90. The van der Waals surface area contributed by atoms with Gasteiger partial charge in [0.25, 0.3) is 5.91 Å². The molecule has 3 aromatic rings. The fraction of sp³-hybridized carbons (Fsp3) is 0.360. The normalized spacial score (nSPS) is 15.8. The highest BCUT2D eigenvalue weighted by Gasteiger charge is 2.38. The number of nitrogens with two attached hydrogens (primary N) is 1. The topological polar surface area (TPSA) is 166 Å². The molecule has 0 saturated carbocycles. The Morgan fingerprint density at radius 3 is 2.23 bits per heavy atom. The van der Waals surface area contributed by atoms with Crippen molar-refractivity contribution in [2.24, 2.45) is 5.73 Å². The first-order chi connectivity index (χ1) is 16.8. The van der Waals surface area contributed by atoms with Crippen LogP contribution in [0.15, 0.2) is 48.5 Å². The van der Waals surface area contributed by atoms with Crippen LogP contribution in [0.2, 0.25) is 0 Å². The molecule has 1 fully saturated rings. The largest absolute Gasteiger partial charge is 0.393 e. The SMILES string of the molecule is NC(=O)c1n[nH]c(CCc2ccc(N3C(=O)CC3c3ccc(CCC(O)(CO)CO)cc3)cc2)n1. The molecule has 2 amide bonds. The van der Waals surface area contributed by atoms with E-state index in [0.29, 0.717) is 31.5 Å². The lowest BCUT2D eigenvalue weighted by molar-refractivity contribution is -0.124. The van der Waals surface area contributed by atoms with Gasteiger partial charge in [0, 0.05) is 12.1 Å². The first-order valence-corrected chi connectivity index (χ1v) is 11.5. The van der Waals surface area contributed by atoms with Gasteiger partial charge in [0.15, 0.2) is 0 Å². The Kier molecular flexibility index (Phi) is 7.25. The number of amides is 2. The van der Waals surface area contributed by atoms with E-state index in [2.05, 4.69) is 15.2 Å². The van der Waals surface area contributed by atoms with Crippen molar-refractivity contribution in [1.82, 2.24) is 15.2 Å². The molecule has 1 unspecified atom stereocenters. The molecular formula is C25H29N5O5. The van der Waals surface area contributed by atoms with Crippen molar-refractivity contribution in [3.05, 3.63) is 76.9 Å². The van der Waals surface area contributed by atoms with Crippen LogP contribution in [-0.2, 0) is 24.1 Å². The molecule has 1 atom stereocenters. The number of nitrogens with zero attached hydrogens (tertiary/aromatic N) is 3. The number of aromatic nitrogens is 3. The van der Waals surface area contributed by atoms with Crippen LogP contribution in [-0.4, -0.2) is 61.1 Å². The summed E-state index contributed by atoms with van der Waals surface area (Å²) in [4.78, 5) is 29.3. The van der Waals surface area contributed by atoms with Crippen molar-refractivity contribution in [1.29, 1.82) is 0 Å². The number of anilines is 1. The Morgan fingerprint density at radius 1 is 1.03 bits per heavy atom. The lowest BCUT2D eigenvalue weighted by Crippen LogP contribution is -2.46. The number of aliphatic hydroxyl groups excluding tert-OH is 2. The molecule has 2 heterocycles. The monoisotopic (exact) mass is 479 g/mol. The predicted molar refractivity (Wildman–Crippen MR) is 127 cm³/mol. The van der Waals surface area contributed by atoms with Gasteiger partial charge in [-0.1, -0.05) is 36.4 Å². The molecule has 10 heteroatoms. The fourth-order valence-electron chi connectivity index (χ4n) is 4.10. The van der Waals surface area contributed by atoms with E-state index in [9.17, 15) is 24.9 Å². The van der Waals surface area contributed by atoms with Crippen molar-refractivity contribution in [2.75, 3.05) is 18.1 Å². The lowest BCUT2D eigenvalue weighted by Gasteiger charge is -2.41. The molecule has 6 N–H and O–H groups in total. The molecule has 1 saturated heterocycles. The van der Waals surface area contributed by atoms with Gasteiger partial charge in [-0.15, -0.1) is 5.10 Å². The smallest absolute Gasteiger partial charge is 0.288 e. The average molecular weight is 480 g/mol. The van der Waals surface area contributed by atoms with Crippen LogP contribution in [0, 0.1) is 0 Å². The zero-order chi connectivity index (χ0) is 25.0. The quantitative estimate of drug-likeness (QED) is 0.254. The van der Waals surface area contributed by atoms with E-state index in [0.717, 1.165) is 22.4 Å². The molecule has 0 aliphatic carbocycles. The number of nitrogens with one attached hydrogen (secondary N) is 1. The maximum Gasteiger partial charge on any atom is 0.288 e. The highest BCUT2D eigenvalue weighted by Crippen LogP contribution is 2.39. The van der Waals surface area contributed by atoms with E-state index >= 15 is 0 Å². The molecule has 0 spiro atoms. The third kappa shape index (κ3) is 5.56. The van der Waals surface area contributed by atoms with Crippen LogP contribution in [0.5, 0.6) is 0 Å². The number of aryl methyl sites for hydroxylation is 3. The number of rotatable bonds is 11. The Labute approximate surface area is 202 Å². The molecule has 4 rings (SSSR count). The zero-order valence-corrected chi connectivity index (χ0v) is 19.2. The van der Waals surface area contributed by atoms with Crippen LogP contribution >= 0.6 is 0 Å². The molecule has 10 nitrogen and oxygen atoms in total. The molecule has 1 aliphatic rings. The molecule has 0 bridgehead atoms. The maximum absolute atomic E-state index is 12.4. The number of primary amides is 1. The standard InChI is InChI=1S/C25H29N5O5/c26-23(34)24-27-21(28-29-24)10-5-16-3-8-19(9-4-16)30-20(13-22(30)33)18-6-1-17(2-7-18)11-12-25(35,14-31)15-32/h1-4,6-9,20,31-32,35H,5,10-15H2,(H2,26,34)(H,27,28,29). The lowest BCUT2D eigenvalue weighted by atomic mass is 9.91. The van der Waals surface area contributed by atoms with Crippen molar-refractivity contribution in [3.8, 4) is 0 Å². The van der Waals surface area contributed by atoms with Crippen LogP contribution in [0.4, 0.5) is 5.69 Å². The first-order valence-electron chi connectivity index (χ1n) is 11.5. The summed E-state index contributed by atoms with van der Waals surface area (Å²) in [6.45, 7) is -0.981. The number of aliphatic hydroxyl groups is 3. The average Bonchev–Trinajstić information content (AvgIpc) is 3.35. The van der Waals surface area contributed by atoms with Gasteiger partial charge in [-0.3, -0.25) is 14.7 Å². The molecule has 35 heavy (non-hydrogen) atoms. The molecule has 184 valence electrons. The van der Waals surface area contributed by atoms with Gasteiger partial charge in [0.2, 0.25) is 11.7 Å². The summed E-state index contributed by atoms with van der Waals surface area (Å²) < 4.78 is 0. The second-order valence-electron chi connectivity index (χ2n) is 8.90. The van der Waals surface area contributed by atoms with Crippen LogP contribution in [0.3, 0.4) is 0 Å². The summed E-state index contributed by atoms with van der Waals surface area (Å²) in [5.74, 6) is -0.0523.